The molecule has 0 aromatic carbocycles. The van der Waals surface area contributed by atoms with Crippen LogP contribution in [0.3, 0.4) is 0 Å². The number of aromatic nitrogens is 2. The van der Waals surface area contributed by atoms with E-state index in [-0.39, 0.29) is 6.10 Å². The van der Waals surface area contributed by atoms with Gasteiger partial charge in [0, 0.05) is 32.7 Å². The van der Waals surface area contributed by atoms with Gasteiger partial charge in [0.1, 0.15) is 0 Å². The van der Waals surface area contributed by atoms with Gasteiger partial charge in [0.05, 0.1) is 6.10 Å². The fourth-order valence-electron chi connectivity index (χ4n) is 3.31. The molecule has 0 bridgehead atoms. The zero-order valence-electron chi connectivity index (χ0n) is 13.7. The zero-order chi connectivity index (χ0) is 15.2. The van der Waals surface area contributed by atoms with Crippen molar-refractivity contribution in [1.29, 1.82) is 0 Å². The summed E-state index contributed by atoms with van der Waals surface area (Å²) in [5.41, 5.74) is 0. The summed E-state index contributed by atoms with van der Waals surface area (Å²) < 4.78 is 11.4. The number of rotatable bonds is 5. The molecule has 1 aromatic rings. The number of piperidine rings is 1. The second-order valence-corrected chi connectivity index (χ2v) is 6.39. The number of ether oxygens (including phenoxy) is 1. The molecular formula is C16H28N4O2. The minimum atomic E-state index is 0.244. The van der Waals surface area contributed by atoms with Crippen LogP contribution in [0.1, 0.15) is 44.9 Å². The average molecular weight is 308 g/mol. The van der Waals surface area contributed by atoms with Gasteiger partial charge in [-0.2, -0.15) is 4.98 Å². The van der Waals surface area contributed by atoms with Crippen molar-refractivity contribution >= 4 is 5.95 Å². The van der Waals surface area contributed by atoms with E-state index in [0.29, 0.717) is 0 Å². The molecule has 0 saturated carbocycles. The molecule has 6 nitrogen and oxygen atoms in total. The molecule has 3 heterocycles. The van der Waals surface area contributed by atoms with Gasteiger partial charge in [0.15, 0.2) is 0 Å². The van der Waals surface area contributed by atoms with Gasteiger partial charge < -0.3 is 19.1 Å². The van der Waals surface area contributed by atoms with Crippen molar-refractivity contribution in [1.82, 2.24) is 15.0 Å². The van der Waals surface area contributed by atoms with Crippen LogP contribution in [0, 0.1) is 0 Å². The Kier molecular flexibility index (Phi) is 5.67. The predicted molar refractivity (Wildman–Crippen MR) is 85.2 cm³/mol. The summed E-state index contributed by atoms with van der Waals surface area (Å²) in [6.45, 7) is 8.21. The van der Waals surface area contributed by atoms with E-state index in [9.17, 15) is 0 Å². The molecule has 0 aliphatic carbocycles. The fraction of sp³-hybridized carbons (Fsp3) is 0.875. The van der Waals surface area contributed by atoms with Crippen molar-refractivity contribution in [2.24, 2.45) is 0 Å². The summed E-state index contributed by atoms with van der Waals surface area (Å²) in [7, 11) is 0. The van der Waals surface area contributed by atoms with Gasteiger partial charge in [0.25, 0.3) is 5.95 Å². The molecule has 0 spiro atoms. The standard InChI is InChI=1S/C16H28N4O2/c1-2-7-15-17-16(18-22-15)20-10-6-11-21-14(13-20)12-19-8-4-3-5-9-19/h14H,2-13H2,1H3. The third-order valence-electron chi connectivity index (χ3n) is 4.46. The third-order valence-corrected chi connectivity index (χ3v) is 4.46. The van der Waals surface area contributed by atoms with Crippen molar-refractivity contribution in [3.8, 4) is 0 Å². The lowest BCUT2D eigenvalue weighted by atomic mass is 10.1. The maximum Gasteiger partial charge on any atom is 0.266 e. The fourth-order valence-corrected chi connectivity index (χ4v) is 3.31. The lowest BCUT2D eigenvalue weighted by Gasteiger charge is -2.31. The van der Waals surface area contributed by atoms with Crippen molar-refractivity contribution in [3.05, 3.63) is 5.89 Å². The molecule has 1 unspecified atom stereocenters. The first-order chi connectivity index (χ1) is 10.8. The number of aryl methyl sites for hydroxylation is 1. The molecule has 6 heteroatoms. The van der Waals surface area contributed by atoms with Crippen LogP contribution in [0.4, 0.5) is 5.95 Å². The van der Waals surface area contributed by atoms with E-state index >= 15 is 0 Å². The monoisotopic (exact) mass is 308 g/mol. The first-order valence-electron chi connectivity index (χ1n) is 8.76. The summed E-state index contributed by atoms with van der Waals surface area (Å²) >= 11 is 0. The Morgan fingerprint density at radius 1 is 1.14 bits per heavy atom. The van der Waals surface area contributed by atoms with Crippen LogP contribution < -0.4 is 4.90 Å². The van der Waals surface area contributed by atoms with Crippen molar-refractivity contribution < 1.29 is 9.26 Å². The third kappa shape index (κ3) is 4.20. The van der Waals surface area contributed by atoms with E-state index in [1.165, 1.54) is 32.4 Å². The second kappa shape index (κ2) is 7.92. The number of anilines is 1. The maximum atomic E-state index is 6.04. The number of hydrogen-bond donors (Lipinski definition) is 0. The summed E-state index contributed by atoms with van der Waals surface area (Å²) in [5, 5.41) is 4.15. The summed E-state index contributed by atoms with van der Waals surface area (Å²) in [6.07, 6.45) is 7.17. The van der Waals surface area contributed by atoms with E-state index in [0.717, 1.165) is 57.3 Å². The van der Waals surface area contributed by atoms with Crippen LogP contribution in [0.5, 0.6) is 0 Å². The molecule has 22 heavy (non-hydrogen) atoms. The Hall–Kier alpha value is -1.14. The van der Waals surface area contributed by atoms with Gasteiger partial charge >= 0.3 is 0 Å². The highest BCUT2D eigenvalue weighted by Gasteiger charge is 2.24. The predicted octanol–water partition coefficient (Wildman–Crippen LogP) is 2.10. The normalized spacial score (nSPS) is 24.4. The van der Waals surface area contributed by atoms with Crippen LogP contribution >= 0.6 is 0 Å². The average Bonchev–Trinajstić information content (AvgIpc) is 2.88. The molecule has 0 amide bonds. The Balaban J connectivity index is 1.58. The van der Waals surface area contributed by atoms with Crippen LogP contribution in [0.25, 0.3) is 0 Å². The maximum absolute atomic E-state index is 6.04. The van der Waals surface area contributed by atoms with Crippen LogP contribution in [0.15, 0.2) is 4.52 Å². The molecule has 3 rings (SSSR count). The van der Waals surface area contributed by atoms with Crippen LogP contribution in [-0.2, 0) is 11.2 Å². The molecule has 1 atom stereocenters. The quantitative estimate of drug-likeness (QED) is 0.830. The Labute approximate surface area is 132 Å². The Morgan fingerprint density at radius 3 is 2.82 bits per heavy atom. The highest BCUT2D eigenvalue weighted by atomic mass is 16.5. The molecule has 2 aliphatic rings. The van der Waals surface area contributed by atoms with Gasteiger partial charge in [-0.1, -0.05) is 13.3 Å². The van der Waals surface area contributed by atoms with Gasteiger partial charge in [-0.25, -0.2) is 0 Å². The highest BCUT2D eigenvalue weighted by Crippen LogP contribution is 2.17. The number of likely N-dealkylation sites (tertiary alicyclic amines) is 1. The largest absolute Gasteiger partial charge is 0.375 e. The van der Waals surface area contributed by atoms with Gasteiger partial charge in [-0.15, -0.1) is 0 Å². The van der Waals surface area contributed by atoms with Crippen molar-refractivity contribution in [2.75, 3.05) is 44.2 Å². The van der Waals surface area contributed by atoms with Crippen LogP contribution in [-0.4, -0.2) is 60.5 Å². The van der Waals surface area contributed by atoms with Gasteiger partial charge in [0.2, 0.25) is 5.89 Å². The molecule has 124 valence electrons. The lowest BCUT2D eigenvalue weighted by Crippen LogP contribution is -2.42. The Bertz CT molecular complexity index is 445. The van der Waals surface area contributed by atoms with Gasteiger partial charge in [-0.05, 0) is 43.9 Å². The number of hydrogen-bond acceptors (Lipinski definition) is 6. The topological polar surface area (TPSA) is 54.6 Å². The summed E-state index contributed by atoms with van der Waals surface area (Å²) in [6, 6.07) is 0. The van der Waals surface area contributed by atoms with Crippen molar-refractivity contribution in [3.63, 3.8) is 0 Å². The van der Waals surface area contributed by atoms with E-state index in [4.69, 9.17) is 9.26 Å². The molecule has 0 radical (unpaired) electrons. The second-order valence-electron chi connectivity index (χ2n) is 6.39. The van der Waals surface area contributed by atoms with Crippen molar-refractivity contribution in [2.45, 2.75) is 51.6 Å². The summed E-state index contributed by atoms with van der Waals surface area (Å²) in [4.78, 5) is 9.29. The van der Waals surface area contributed by atoms with E-state index < -0.39 is 0 Å². The first-order valence-corrected chi connectivity index (χ1v) is 8.76. The van der Waals surface area contributed by atoms with E-state index in [1.807, 2.05) is 0 Å². The van der Waals surface area contributed by atoms with E-state index in [2.05, 4.69) is 26.9 Å². The van der Waals surface area contributed by atoms with E-state index in [1.54, 1.807) is 0 Å². The Morgan fingerprint density at radius 2 is 2.00 bits per heavy atom. The smallest absolute Gasteiger partial charge is 0.266 e. The van der Waals surface area contributed by atoms with Crippen LogP contribution in [0.2, 0.25) is 0 Å². The molecule has 0 N–H and O–H groups in total. The zero-order valence-corrected chi connectivity index (χ0v) is 13.7. The highest BCUT2D eigenvalue weighted by molar-refractivity contribution is 5.28. The molecule has 2 saturated heterocycles. The first kappa shape index (κ1) is 15.7. The number of nitrogens with zero attached hydrogens (tertiary/aromatic N) is 4. The van der Waals surface area contributed by atoms with Gasteiger partial charge in [-0.3, -0.25) is 0 Å². The SMILES string of the molecule is CCCc1nc(N2CCCOC(CN3CCCCC3)C2)no1. The lowest BCUT2D eigenvalue weighted by molar-refractivity contribution is 0.0349. The molecule has 1 aromatic heterocycles. The minimum absolute atomic E-state index is 0.244. The minimum Gasteiger partial charge on any atom is -0.375 e. The molecular weight excluding hydrogens is 280 g/mol. The molecule has 2 aliphatic heterocycles. The summed E-state index contributed by atoms with van der Waals surface area (Å²) in [5.74, 6) is 1.48. The molecule has 2 fully saturated rings.